The zero-order chi connectivity index (χ0) is 16.0. The van der Waals surface area contributed by atoms with E-state index in [4.69, 9.17) is 16.3 Å². The lowest BCUT2D eigenvalue weighted by Crippen LogP contribution is -2.45. The summed E-state index contributed by atoms with van der Waals surface area (Å²) in [5.74, 6) is 2.13. The van der Waals surface area contributed by atoms with E-state index in [-0.39, 0.29) is 5.41 Å². The highest BCUT2D eigenvalue weighted by Crippen LogP contribution is 2.51. The van der Waals surface area contributed by atoms with Crippen LogP contribution in [0.5, 0.6) is 5.75 Å². The highest BCUT2D eigenvalue weighted by atomic mass is 35.5. The van der Waals surface area contributed by atoms with Crippen LogP contribution in [-0.2, 0) is 16.8 Å². The highest BCUT2D eigenvalue weighted by Gasteiger charge is 2.52. The van der Waals surface area contributed by atoms with Crippen LogP contribution in [-0.4, -0.2) is 24.4 Å². The van der Waals surface area contributed by atoms with Gasteiger partial charge in [0.1, 0.15) is 17.4 Å². The number of fused-ring (bicyclic) bond motifs is 2. The Morgan fingerprint density at radius 3 is 2.70 bits per heavy atom. The third kappa shape index (κ3) is 2.38. The van der Waals surface area contributed by atoms with Gasteiger partial charge in [-0.15, -0.1) is 0 Å². The average Bonchev–Trinajstić information content (AvgIpc) is 2.82. The maximum absolute atomic E-state index is 11.6. The third-order valence-corrected chi connectivity index (χ3v) is 5.01. The topological polar surface area (TPSA) is 42.4 Å². The largest absolute Gasteiger partial charge is 0.497 e. The van der Waals surface area contributed by atoms with Crippen molar-refractivity contribution in [2.24, 2.45) is 0 Å². The lowest BCUT2D eigenvalue weighted by atomic mass is 9.65. The number of Topliss-reactive ketones (excluding diaryl/α,β-unsaturated/α-hetero) is 1. The number of carbonyl (C=O) groups is 1. The van der Waals surface area contributed by atoms with Crippen molar-refractivity contribution in [2.75, 3.05) is 18.6 Å². The fourth-order valence-electron chi connectivity index (χ4n) is 3.69. The molecule has 2 aromatic rings. The molecule has 1 fully saturated rings. The number of nitrogens with zero attached hydrogens (tertiary/aromatic N) is 2. The van der Waals surface area contributed by atoms with E-state index in [1.807, 2.05) is 18.2 Å². The number of benzene rings is 1. The minimum Gasteiger partial charge on any atom is -0.497 e. The molecule has 2 aliphatic rings. The second kappa shape index (κ2) is 5.24. The second-order valence-electron chi connectivity index (χ2n) is 6.40. The fraction of sp³-hybridized carbons (Fsp3) is 0.333. The normalized spacial score (nSPS) is 18.0. The van der Waals surface area contributed by atoms with Gasteiger partial charge in [-0.3, -0.25) is 4.79 Å². The molecule has 0 atom stereocenters. The van der Waals surface area contributed by atoms with Crippen molar-refractivity contribution in [1.82, 2.24) is 4.98 Å². The number of ether oxygens (including phenoxy) is 1. The molecule has 1 aromatic heterocycles. The first-order valence-electron chi connectivity index (χ1n) is 7.65. The van der Waals surface area contributed by atoms with Crippen molar-refractivity contribution in [1.29, 1.82) is 0 Å². The van der Waals surface area contributed by atoms with Gasteiger partial charge in [-0.1, -0.05) is 23.7 Å². The average molecular weight is 329 g/mol. The molecule has 23 heavy (non-hydrogen) atoms. The molecule has 0 saturated heterocycles. The highest BCUT2D eigenvalue weighted by molar-refractivity contribution is 6.30. The SMILES string of the molecule is COc1ccc(CN2CC3(CC(=O)C3)c3cc(Cl)cnc32)cc1. The molecule has 0 bridgehead atoms. The standard InChI is InChI=1S/C18H17ClN2O2/c1-23-15-4-2-12(3-5-15)10-21-11-18(7-14(22)8-18)16-6-13(19)9-20-17(16)21/h2-6,9H,7-8,10-11H2,1H3. The molecule has 4 rings (SSSR count). The minimum absolute atomic E-state index is 0.0865. The van der Waals surface area contributed by atoms with Gasteiger partial charge in [-0.2, -0.15) is 0 Å². The van der Waals surface area contributed by atoms with E-state index in [2.05, 4.69) is 22.0 Å². The molecule has 5 heteroatoms. The van der Waals surface area contributed by atoms with Gasteiger partial charge in [0, 0.05) is 43.1 Å². The molecule has 1 aromatic carbocycles. The van der Waals surface area contributed by atoms with Crippen LogP contribution in [0.15, 0.2) is 36.5 Å². The van der Waals surface area contributed by atoms with Crippen molar-refractivity contribution in [2.45, 2.75) is 24.8 Å². The maximum atomic E-state index is 11.6. The Hall–Kier alpha value is -2.07. The Labute approximate surface area is 140 Å². The first-order valence-corrected chi connectivity index (χ1v) is 8.03. The molecule has 0 amide bonds. The van der Waals surface area contributed by atoms with Crippen LogP contribution >= 0.6 is 11.6 Å². The molecule has 1 saturated carbocycles. The van der Waals surface area contributed by atoms with Gasteiger partial charge in [0.2, 0.25) is 0 Å². The van der Waals surface area contributed by atoms with E-state index in [0.717, 1.165) is 30.2 Å². The lowest BCUT2D eigenvalue weighted by molar-refractivity contribution is -0.127. The number of aromatic nitrogens is 1. The Morgan fingerprint density at radius 1 is 1.30 bits per heavy atom. The zero-order valence-corrected chi connectivity index (χ0v) is 13.6. The number of ketones is 1. The van der Waals surface area contributed by atoms with E-state index < -0.39 is 0 Å². The van der Waals surface area contributed by atoms with Gasteiger partial charge in [-0.25, -0.2) is 4.98 Å². The molecular weight excluding hydrogens is 312 g/mol. The molecule has 118 valence electrons. The zero-order valence-electron chi connectivity index (χ0n) is 12.9. The molecule has 0 radical (unpaired) electrons. The van der Waals surface area contributed by atoms with Gasteiger partial charge in [-0.05, 0) is 23.8 Å². The maximum Gasteiger partial charge on any atom is 0.134 e. The first kappa shape index (κ1) is 14.5. The quantitative estimate of drug-likeness (QED) is 0.866. The van der Waals surface area contributed by atoms with Gasteiger partial charge in [0.15, 0.2) is 0 Å². The Kier molecular flexibility index (Phi) is 3.31. The van der Waals surface area contributed by atoms with Crippen molar-refractivity contribution < 1.29 is 9.53 Å². The number of carbonyl (C=O) groups excluding carboxylic acids is 1. The lowest BCUT2D eigenvalue weighted by Gasteiger charge is -2.37. The molecule has 0 unspecified atom stereocenters. The summed E-state index contributed by atoms with van der Waals surface area (Å²) in [4.78, 5) is 18.4. The molecular formula is C18H17ClN2O2. The number of methoxy groups -OCH3 is 1. The summed E-state index contributed by atoms with van der Waals surface area (Å²) in [5, 5.41) is 0.633. The van der Waals surface area contributed by atoms with E-state index in [1.165, 1.54) is 5.56 Å². The summed E-state index contributed by atoms with van der Waals surface area (Å²) in [5.41, 5.74) is 2.23. The van der Waals surface area contributed by atoms with Crippen molar-refractivity contribution >= 4 is 23.2 Å². The molecule has 1 spiro atoms. The Bertz CT molecular complexity index is 765. The van der Waals surface area contributed by atoms with Crippen LogP contribution in [0.3, 0.4) is 0 Å². The minimum atomic E-state index is -0.0865. The van der Waals surface area contributed by atoms with Crippen LogP contribution in [0.25, 0.3) is 0 Å². The fourth-order valence-corrected chi connectivity index (χ4v) is 3.85. The number of halogens is 1. The third-order valence-electron chi connectivity index (χ3n) is 4.80. The number of pyridine rings is 1. The van der Waals surface area contributed by atoms with Crippen LogP contribution in [0.4, 0.5) is 5.82 Å². The predicted octanol–water partition coefficient (Wildman–Crippen LogP) is 3.36. The van der Waals surface area contributed by atoms with E-state index in [1.54, 1.807) is 13.3 Å². The Morgan fingerprint density at radius 2 is 2.04 bits per heavy atom. The number of anilines is 1. The van der Waals surface area contributed by atoms with Crippen molar-refractivity contribution in [3.05, 3.63) is 52.7 Å². The van der Waals surface area contributed by atoms with Gasteiger partial charge in [0.25, 0.3) is 0 Å². The van der Waals surface area contributed by atoms with Gasteiger partial charge < -0.3 is 9.64 Å². The number of hydrogen-bond donors (Lipinski definition) is 0. The molecule has 0 N–H and O–H groups in total. The van der Waals surface area contributed by atoms with Gasteiger partial charge >= 0.3 is 0 Å². The van der Waals surface area contributed by atoms with Crippen LogP contribution in [0.1, 0.15) is 24.0 Å². The summed E-state index contributed by atoms with van der Waals surface area (Å²) in [6.07, 6.45) is 2.88. The predicted molar refractivity (Wildman–Crippen MR) is 89.2 cm³/mol. The first-order chi connectivity index (χ1) is 11.1. The summed E-state index contributed by atoms with van der Waals surface area (Å²) in [6, 6.07) is 10.0. The summed E-state index contributed by atoms with van der Waals surface area (Å²) in [6.45, 7) is 1.59. The monoisotopic (exact) mass is 328 g/mol. The van der Waals surface area contributed by atoms with Crippen LogP contribution < -0.4 is 9.64 Å². The molecule has 1 aliphatic heterocycles. The Balaban J connectivity index is 1.64. The summed E-state index contributed by atoms with van der Waals surface area (Å²) >= 11 is 6.13. The second-order valence-corrected chi connectivity index (χ2v) is 6.84. The number of hydrogen-bond acceptors (Lipinski definition) is 4. The van der Waals surface area contributed by atoms with Crippen LogP contribution in [0, 0.1) is 0 Å². The van der Waals surface area contributed by atoms with Crippen molar-refractivity contribution in [3.63, 3.8) is 0 Å². The van der Waals surface area contributed by atoms with E-state index in [9.17, 15) is 4.79 Å². The van der Waals surface area contributed by atoms with E-state index in [0.29, 0.717) is 23.6 Å². The molecule has 4 nitrogen and oxygen atoms in total. The van der Waals surface area contributed by atoms with Crippen LogP contribution in [0.2, 0.25) is 5.02 Å². The van der Waals surface area contributed by atoms with Crippen molar-refractivity contribution in [3.8, 4) is 5.75 Å². The molecule has 1 aliphatic carbocycles. The van der Waals surface area contributed by atoms with E-state index >= 15 is 0 Å². The summed E-state index contributed by atoms with van der Waals surface area (Å²) in [7, 11) is 1.66. The smallest absolute Gasteiger partial charge is 0.134 e. The molecule has 2 heterocycles. The van der Waals surface area contributed by atoms with Gasteiger partial charge in [0.05, 0.1) is 12.1 Å². The number of rotatable bonds is 3. The summed E-state index contributed by atoms with van der Waals surface area (Å²) < 4.78 is 5.20.